The number of rotatable bonds is 0. The lowest BCUT2D eigenvalue weighted by Gasteiger charge is -2.16. The summed E-state index contributed by atoms with van der Waals surface area (Å²) in [7, 11) is 0. The summed E-state index contributed by atoms with van der Waals surface area (Å²) in [5.74, 6) is -2.86. The van der Waals surface area contributed by atoms with Crippen LogP contribution < -0.4 is 5.32 Å². The number of fused-ring (bicyclic) bond motifs is 1. The Kier molecular flexibility index (Phi) is 2.43. The van der Waals surface area contributed by atoms with Crippen LogP contribution >= 0.6 is 11.6 Å². The first kappa shape index (κ1) is 10.4. The minimum atomic E-state index is -2.86. The van der Waals surface area contributed by atoms with E-state index in [1.54, 1.807) is 12.1 Å². The van der Waals surface area contributed by atoms with Crippen molar-refractivity contribution < 1.29 is 8.78 Å². The molecule has 1 aromatic rings. The molecule has 1 heterocycles. The highest BCUT2D eigenvalue weighted by molar-refractivity contribution is 6.30. The number of allylic oxidation sites excluding steroid dienone is 1. The second-order valence-electron chi connectivity index (χ2n) is 3.55. The van der Waals surface area contributed by atoms with Gasteiger partial charge in [0, 0.05) is 34.8 Å². The summed E-state index contributed by atoms with van der Waals surface area (Å²) >= 11 is 5.77. The molecule has 1 aliphatic rings. The molecule has 0 saturated carbocycles. The first-order chi connectivity index (χ1) is 7.00. The summed E-state index contributed by atoms with van der Waals surface area (Å²) < 4.78 is 27.0. The quantitative estimate of drug-likeness (QED) is 0.714. The van der Waals surface area contributed by atoms with Gasteiger partial charge in [-0.2, -0.15) is 0 Å². The number of anilines is 1. The first-order valence-corrected chi connectivity index (χ1v) is 4.99. The molecule has 1 N–H and O–H groups in total. The zero-order chi connectivity index (χ0) is 11.1. The van der Waals surface area contributed by atoms with E-state index in [-0.39, 0.29) is 18.5 Å². The normalized spacial score (nSPS) is 19.0. The molecule has 0 atom stereocenters. The molecule has 0 bridgehead atoms. The molecular formula is C11H10ClF2N. The third-order valence-electron chi connectivity index (χ3n) is 2.50. The summed E-state index contributed by atoms with van der Waals surface area (Å²) in [4.78, 5) is 0. The molecule has 4 heteroatoms. The lowest BCUT2D eigenvalue weighted by Crippen LogP contribution is -2.18. The van der Waals surface area contributed by atoms with Crippen molar-refractivity contribution in [2.45, 2.75) is 12.3 Å². The van der Waals surface area contributed by atoms with Crippen LogP contribution in [0.2, 0.25) is 5.02 Å². The Hall–Kier alpha value is -1.09. The van der Waals surface area contributed by atoms with E-state index in [1.807, 2.05) is 0 Å². The predicted octanol–water partition coefficient (Wildman–Crippen LogP) is 3.80. The average molecular weight is 230 g/mol. The van der Waals surface area contributed by atoms with Crippen molar-refractivity contribution in [2.24, 2.45) is 0 Å². The van der Waals surface area contributed by atoms with Crippen molar-refractivity contribution in [1.82, 2.24) is 0 Å². The van der Waals surface area contributed by atoms with Gasteiger partial charge in [-0.15, -0.1) is 0 Å². The Balaban J connectivity index is 2.54. The average Bonchev–Trinajstić information content (AvgIpc) is 2.27. The maximum Gasteiger partial charge on any atom is 0.275 e. The Labute approximate surface area is 91.7 Å². The van der Waals surface area contributed by atoms with Gasteiger partial charge in [0.15, 0.2) is 0 Å². The van der Waals surface area contributed by atoms with E-state index < -0.39 is 5.92 Å². The van der Waals surface area contributed by atoms with E-state index in [9.17, 15) is 8.78 Å². The van der Waals surface area contributed by atoms with E-state index in [4.69, 9.17) is 11.6 Å². The SMILES string of the molecule is C=C1c2cc(Cl)ccc2NCCC1(F)F. The summed E-state index contributed by atoms with van der Waals surface area (Å²) in [6.07, 6.45) is -0.238. The van der Waals surface area contributed by atoms with Gasteiger partial charge < -0.3 is 5.32 Å². The van der Waals surface area contributed by atoms with Gasteiger partial charge >= 0.3 is 0 Å². The van der Waals surface area contributed by atoms with Gasteiger partial charge in [-0.3, -0.25) is 0 Å². The fraction of sp³-hybridized carbons (Fsp3) is 0.273. The molecule has 0 radical (unpaired) electrons. The Morgan fingerprint density at radius 1 is 1.40 bits per heavy atom. The second-order valence-corrected chi connectivity index (χ2v) is 3.99. The van der Waals surface area contributed by atoms with Crippen LogP contribution in [0.1, 0.15) is 12.0 Å². The molecule has 1 aromatic carbocycles. The number of hydrogen-bond donors (Lipinski definition) is 1. The summed E-state index contributed by atoms with van der Waals surface area (Å²) in [5.41, 5.74) is 0.913. The maximum atomic E-state index is 13.5. The summed E-state index contributed by atoms with van der Waals surface area (Å²) in [6.45, 7) is 3.70. The number of halogens is 3. The Morgan fingerprint density at radius 3 is 2.87 bits per heavy atom. The second kappa shape index (κ2) is 3.49. The fourth-order valence-corrected chi connectivity index (χ4v) is 1.79. The van der Waals surface area contributed by atoms with E-state index in [0.29, 0.717) is 16.3 Å². The molecular weight excluding hydrogens is 220 g/mol. The van der Waals surface area contributed by atoms with Crippen molar-refractivity contribution in [3.8, 4) is 0 Å². The number of benzene rings is 1. The summed E-state index contributed by atoms with van der Waals surface area (Å²) in [5, 5.41) is 3.38. The minimum Gasteiger partial charge on any atom is -0.384 e. The highest BCUT2D eigenvalue weighted by atomic mass is 35.5. The van der Waals surface area contributed by atoms with Crippen LogP contribution in [-0.2, 0) is 0 Å². The molecule has 0 saturated heterocycles. The largest absolute Gasteiger partial charge is 0.384 e. The Bertz CT molecular complexity index is 415. The van der Waals surface area contributed by atoms with E-state index in [0.717, 1.165) is 0 Å². The topological polar surface area (TPSA) is 12.0 Å². The number of alkyl halides is 2. The van der Waals surface area contributed by atoms with E-state index >= 15 is 0 Å². The molecule has 1 aliphatic heterocycles. The predicted molar refractivity (Wildman–Crippen MR) is 58.5 cm³/mol. The molecule has 0 spiro atoms. The number of nitrogens with one attached hydrogen (secondary N) is 1. The van der Waals surface area contributed by atoms with Crippen LogP contribution in [0.25, 0.3) is 5.57 Å². The fourth-order valence-electron chi connectivity index (χ4n) is 1.62. The zero-order valence-electron chi connectivity index (χ0n) is 7.99. The van der Waals surface area contributed by atoms with Crippen molar-refractivity contribution in [2.75, 3.05) is 11.9 Å². The van der Waals surface area contributed by atoms with Gasteiger partial charge in [0.25, 0.3) is 5.92 Å². The molecule has 0 aliphatic carbocycles. The molecule has 15 heavy (non-hydrogen) atoms. The van der Waals surface area contributed by atoms with Crippen LogP contribution in [0.15, 0.2) is 24.8 Å². The van der Waals surface area contributed by atoms with Gasteiger partial charge in [-0.1, -0.05) is 18.2 Å². The molecule has 0 amide bonds. The van der Waals surface area contributed by atoms with Gasteiger partial charge in [-0.25, -0.2) is 8.78 Å². The lowest BCUT2D eigenvalue weighted by molar-refractivity contribution is 0.0624. The van der Waals surface area contributed by atoms with Gasteiger partial charge in [-0.05, 0) is 18.2 Å². The molecule has 0 unspecified atom stereocenters. The van der Waals surface area contributed by atoms with Crippen molar-refractivity contribution in [3.63, 3.8) is 0 Å². The van der Waals surface area contributed by atoms with Crippen LogP contribution in [0.4, 0.5) is 14.5 Å². The third kappa shape index (κ3) is 1.84. The van der Waals surface area contributed by atoms with Gasteiger partial charge in [0.05, 0.1) is 0 Å². The standard InChI is InChI=1S/C11H10ClF2N/c1-7-9-6-8(12)2-3-10(9)15-5-4-11(7,13)14/h2-3,6,15H,1,4-5H2. The molecule has 0 fully saturated rings. The van der Waals surface area contributed by atoms with Crippen LogP contribution in [0.3, 0.4) is 0 Å². The van der Waals surface area contributed by atoms with Gasteiger partial charge in [0.2, 0.25) is 0 Å². The number of hydrogen-bond acceptors (Lipinski definition) is 1. The molecule has 1 nitrogen and oxygen atoms in total. The van der Waals surface area contributed by atoms with E-state index in [2.05, 4.69) is 11.9 Å². The lowest BCUT2D eigenvalue weighted by atomic mass is 9.99. The zero-order valence-corrected chi connectivity index (χ0v) is 8.74. The van der Waals surface area contributed by atoms with Crippen LogP contribution in [0.5, 0.6) is 0 Å². The van der Waals surface area contributed by atoms with Crippen molar-refractivity contribution in [3.05, 3.63) is 35.4 Å². The Morgan fingerprint density at radius 2 is 2.13 bits per heavy atom. The van der Waals surface area contributed by atoms with Crippen molar-refractivity contribution in [1.29, 1.82) is 0 Å². The van der Waals surface area contributed by atoms with Crippen LogP contribution in [-0.4, -0.2) is 12.5 Å². The van der Waals surface area contributed by atoms with Crippen molar-refractivity contribution >= 4 is 22.9 Å². The molecule has 80 valence electrons. The van der Waals surface area contributed by atoms with Gasteiger partial charge in [0.1, 0.15) is 0 Å². The highest BCUT2D eigenvalue weighted by Crippen LogP contribution is 2.40. The highest BCUT2D eigenvalue weighted by Gasteiger charge is 2.36. The molecule has 2 rings (SSSR count). The smallest absolute Gasteiger partial charge is 0.275 e. The summed E-state index contributed by atoms with van der Waals surface area (Å²) in [6, 6.07) is 4.89. The van der Waals surface area contributed by atoms with Crippen LogP contribution in [0, 0.1) is 0 Å². The first-order valence-electron chi connectivity index (χ1n) is 4.62. The molecule has 0 aromatic heterocycles. The minimum absolute atomic E-state index is 0.162. The monoisotopic (exact) mass is 229 g/mol. The third-order valence-corrected chi connectivity index (χ3v) is 2.74. The maximum absolute atomic E-state index is 13.5. The van der Waals surface area contributed by atoms with E-state index in [1.165, 1.54) is 6.07 Å².